The molecule has 2 aliphatic rings. The van der Waals surface area contributed by atoms with E-state index in [-0.39, 0.29) is 6.03 Å². The van der Waals surface area contributed by atoms with Gasteiger partial charge in [-0.1, -0.05) is 0 Å². The SMILES string of the molecule is O=C(N1CCS(=O)CC1)N1CCS(=O)CC1. The maximum Gasteiger partial charge on any atom is 0.320 e. The minimum atomic E-state index is -0.749. The number of rotatable bonds is 0. The third-order valence-electron chi connectivity index (χ3n) is 2.90. The first-order chi connectivity index (χ1) is 7.66. The Bertz CT molecular complexity index is 285. The van der Waals surface area contributed by atoms with E-state index < -0.39 is 21.6 Å². The van der Waals surface area contributed by atoms with Crippen molar-refractivity contribution < 1.29 is 13.2 Å². The van der Waals surface area contributed by atoms with E-state index in [4.69, 9.17) is 0 Å². The molecule has 16 heavy (non-hydrogen) atoms. The summed E-state index contributed by atoms with van der Waals surface area (Å²) in [5.74, 6) is 2.36. The molecule has 0 radical (unpaired) electrons. The maximum atomic E-state index is 12.0. The van der Waals surface area contributed by atoms with Crippen LogP contribution in [-0.4, -0.2) is 73.4 Å². The van der Waals surface area contributed by atoms with Gasteiger partial charge in [0.05, 0.1) is 0 Å². The topological polar surface area (TPSA) is 57.7 Å². The molecule has 2 amide bonds. The van der Waals surface area contributed by atoms with Gasteiger partial charge in [-0.05, 0) is 0 Å². The van der Waals surface area contributed by atoms with Gasteiger partial charge in [-0.25, -0.2) is 4.79 Å². The molecule has 2 aliphatic heterocycles. The summed E-state index contributed by atoms with van der Waals surface area (Å²) in [6.07, 6.45) is 0. The highest BCUT2D eigenvalue weighted by Gasteiger charge is 2.26. The summed E-state index contributed by atoms with van der Waals surface area (Å²) in [4.78, 5) is 15.5. The Morgan fingerprint density at radius 3 is 1.38 bits per heavy atom. The number of carbonyl (C=O) groups is 1. The number of urea groups is 1. The average Bonchev–Trinajstić information content (AvgIpc) is 2.30. The minimum Gasteiger partial charge on any atom is -0.323 e. The second-order valence-corrected chi connectivity index (χ2v) is 7.35. The van der Waals surface area contributed by atoms with Crippen molar-refractivity contribution in [3.8, 4) is 0 Å². The Labute approximate surface area is 100 Å². The standard InChI is InChI=1S/C9H16N2O3S2/c12-9(10-1-5-15(13)6-2-10)11-3-7-16(14)8-4-11/h1-8H2. The van der Waals surface area contributed by atoms with E-state index in [0.717, 1.165) is 0 Å². The van der Waals surface area contributed by atoms with Gasteiger partial charge in [0.2, 0.25) is 0 Å². The predicted molar refractivity (Wildman–Crippen MR) is 64.3 cm³/mol. The second-order valence-electron chi connectivity index (χ2n) is 3.95. The zero-order valence-corrected chi connectivity index (χ0v) is 10.7. The molecule has 0 saturated carbocycles. The molecule has 2 saturated heterocycles. The third kappa shape index (κ3) is 2.82. The van der Waals surface area contributed by atoms with Gasteiger partial charge in [-0.3, -0.25) is 8.42 Å². The van der Waals surface area contributed by atoms with E-state index in [0.29, 0.717) is 49.2 Å². The molecule has 2 rings (SSSR count). The Kier molecular flexibility index (Phi) is 3.96. The van der Waals surface area contributed by atoms with Crippen molar-refractivity contribution in [3.63, 3.8) is 0 Å². The summed E-state index contributed by atoms with van der Waals surface area (Å²) in [5.41, 5.74) is 0. The summed E-state index contributed by atoms with van der Waals surface area (Å²) in [5, 5.41) is 0. The molecule has 0 spiro atoms. The van der Waals surface area contributed by atoms with E-state index in [1.165, 1.54) is 0 Å². The lowest BCUT2D eigenvalue weighted by molar-refractivity contribution is 0.161. The summed E-state index contributed by atoms with van der Waals surface area (Å²) in [7, 11) is -1.50. The lowest BCUT2D eigenvalue weighted by Crippen LogP contribution is -2.52. The van der Waals surface area contributed by atoms with Gasteiger partial charge in [0, 0.05) is 70.8 Å². The fourth-order valence-corrected chi connectivity index (χ4v) is 3.96. The first-order valence-electron chi connectivity index (χ1n) is 5.40. The molecular weight excluding hydrogens is 248 g/mol. The van der Waals surface area contributed by atoms with E-state index in [1.54, 1.807) is 9.80 Å². The van der Waals surface area contributed by atoms with Crippen molar-refractivity contribution >= 4 is 27.6 Å². The van der Waals surface area contributed by atoms with Crippen LogP contribution in [0.15, 0.2) is 0 Å². The molecule has 0 bridgehead atoms. The molecule has 0 aromatic heterocycles. The van der Waals surface area contributed by atoms with Gasteiger partial charge >= 0.3 is 6.03 Å². The molecule has 7 heteroatoms. The van der Waals surface area contributed by atoms with Crippen LogP contribution in [0.5, 0.6) is 0 Å². The normalized spacial score (nSPS) is 24.8. The van der Waals surface area contributed by atoms with Crippen molar-refractivity contribution in [2.75, 3.05) is 49.2 Å². The Morgan fingerprint density at radius 1 is 0.750 bits per heavy atom. The van der Waals surface area contributed by atoms with E-state index in [1.807, 2.05) is 0 Å². The van der Waals surface area contributed by atoms with Crippen LogP contribution in [0.25, 0.3) is 0 Å². The summed E-state index contributed by atoms with van der Waals surface area (Å²) in [6, 6.07) is 0.0217. The van der Waals surface area contributed by atoms with Crippen LogP contribution in [0.2, 0.25) is 0 Å². The summed E-state index contributed by atoms with van der Waals surface area (Å²) < 4.78 is 22.3. The van der Waals surface area contributed by atoms with Crippen LogP contribution >= 0.6 is 0 Å². The largest absolute Gasteiger partial charge is 0.323 e. The molecule has 0 N–H and O–H groups in total. The molecule has 2 heterocycles. The number of hydrogen-bond acceptors (Lipinski definition) is 3. The lowest BCUT2D eigenvalue weighted by atomic mass is 10.4. The van der Waals surface area contributed by atoms with Crippen LogP contribution in [0.4, 0.5) is 4.79 Å². The highest BCUT2D eigenvalue weighted by molar-refractivity contribution is 7.85. The molecule has 0 unspecified atom stereocenters. The number of hydrogen-bond donors (Lipinski definition) is 0. The highest BCUT2D eigenvalue weighted by atomic mass is 32.2. The molecule has 0 aromatic rings. The van der Waals surface area contributed by atoms with Crippen molar-refractivity contribution in [1.29, 1.82) is 0 Å². The first-order valence-corrected chi connectivity index (χ1v) is 8.38. The molecule has 5 nitrogen and oxygen atoms in total. The van der Waals surface area contributed by atoms with Gasteiger partial charge in [-0.2, -0.15) is 0 Å². The van der Waals surface area contributed by atoms with Crippen molar-refractivity contribution in [3.05, 3.63) is 0 Å². The Balaban J connectivity index is 1.87. The second kappa shape index (κ2) is 5.27. The quantitative estimate of drug-likeness (QED) is 0.577. The number of carbonyl (C=O) groups excluding carboxylic acids is 1. The first kappa shape index (κ1) is 12.0. The molecule has 0 aliphatic carbocycles. The zero-order chi connectivity index (χ0) is 11.5. The van der Waals surface area contributed by atoms with Gasteiger partial charge < -0.3 is 9.80 Å². The summed E-state index contributed by atoms with van der Waals surface area (Å²) >= 11 is 0. The third-order valence-corrected chi connectivity index (χ3v) is 5.45. The smallest absolute Gasteiger partial charge is 0.320 e. The van der Waals surface area contributed by atoms with Crippen LogP contribution in [0, 0.1) is 0 Å². The van der Waals surface area contributed by atoms with E-state index in [2.05, 4.69) is 0 Å². The van der Waals surface area contributed by atoms with Crippen molar-refractivity contribution in [2.45, 2.75) is 0 Å². The van der Waals surface area contributed by atoms with Crippen LogP contribution in [-0.2, 0) is 21.6 Å². The lowest BCUT2D eigenvalue weighted by Gasteiger charge is -2.34. The fourth-order valence-electron chi connectivity index (χ4n) is 1.86. The summed E-state index contributed by atoms with van der Waals surface area (Å²) in [6.45, 7) is 2.35. The van der Waals surface area contributed by atoms with Crippen LogP contribution in [0.1, 0.15) is 0 Å². The van der Waals surface area contributed by atoms with Gasteiger partial charge in [0.1, 0.15) is 0 Å². The van der Waals surface area contributed by atoms with E-state index >= 15 is 0 Å². The molecule has 92 valence electrons. The predicted octanol–water partition coefficient (Wildman–Crippen LogP) is -0.765. The van der Waals surface area contributed by atoms with Crippen molar-refractivity contribution in [2.24, 2.45) is 0 Å². The molecule has 0 aromatic carbocycles. The minimum absolute atomic E-state index is 0.0217. The molecular formula is C9H16N2O3S2. The Morgan fingerprint density at radius 2 is 1.06 bits per heavy atom. The number of amides is 2. The number of nitrogens with zero attached hydrogens (tertiary/aromatic N) is 2. The maximum absolute atomic E-state index is 12.0. The van der Waals surface area contributed by atoms with Crippen LogP contribution in [0.3, 0.4) is 0 Å². The van der Waals surface area contributed by atoms with Gasteiger partial charge in [0.15, 0.2) is 0 Å². The van der Waals surface area contributed by atoms with Gasteiger partial charge in [-0.15, -0.1) is 0 Å². The van der Waals surface area contributed by atoms with Gasteiger partial charge in [0.25, 0.3) is 0 Å². The van der Waals surface area contributed by atoms with Crippen molar-refractivity contribution in [1.82, 2.24) is 9.80 Å². The Hall–Kier alpha value is -0.430. The zero-order valence-electron chi connectivity index (χ0n) is 9.09. The van der Waals surface area contributed by atoms with E-state index in [9.17, 15) is 13.2 Å². The monoisotopic (exact) mass is 264 g/mol. The molecule has 0 atom stereocenters. The average molecular weight is 264 g/mol. The van der Waals surface area contributed by atoms with Crippen LogP contribution < -0.4 is 0 Å². The fraction of sp³-hybridized carbons (Fsp3) is 0.889. The molecule has 2 fully saturated rings. The highest BCUT2D eigenvalue weighted by Crippen LogP contribution is 2.08.